The van der Waals surface area contributed by atoms with Crippen LogP contribution in [-0.2, 0) is 19.1 Å². The molecule has 0 aliphatic carbocycles. The first kappa shape index (κ1) is 20.5. The molecule has 138 valence electrons. The molecule has 7 heteroatoms. The average molecular weight is 350 g/mol. The Morgan fingerprint density at radius 3 is 2.24 bits per heavy atom. The Balaban J connectivity index is 2.59. The SMILES string of the molecule is CC[C@H](C)[C@H](NC(=O)COC(=O)c1ccc(N(C)C)cc1)C(=O)OC. The monoisotopic (exact) mass is 350 g/mol. The molecule has 0 fully saturated rings. The van der Waals surface area contributed by atoms with Crippen molar-refractivity contribution in [2.75, 3.05) is 32.7 Å². The first-order valence-electron chi connectivity index (χ1n) is 8.11. The summed E-state index contributed by atoms with van der Waals surface area (Å²) in [5, 5.41) is 2.55. The van der Waals surface area contributed by atoms with Crippen LogP contribution in [-0.4, -0.2) is 51.7 Å². The Morgan fingerprint density at radius 2 is 1.76 bits per heavy atom. The van der Waals surface area contributed by atoms with E-state index < -0.39 is 30.5 Å². The molecule has 0 unspecified atom stereocenters. The molecular formula is C18H26N2O5. The summed E-state index contributed by atoms with van der Waals surface area (Å²) in [6.45, 7) is 3.28. The molecule has 1 rings (SSSR count). The molecule has 2 atom stereocenters. The van der Waals surface area contributed by atoms with Crippen LogP contribution in [0.25, 0.3) is 0 Å². The van der Waals surface area contributed by atoms with Crippen molar-refractivity contribution in [3.05, 3.63) is 29.8 Å². The van der Waals surface area contributed by atoms with Gasteiger partial charge in [-0.2, -0.15) is 0 Å². The highest BCUT2D eigenvalue weighted by Gasteiger charge is 2.27. The highest BCUT2D eigenvalue weighted by atomic mass is 16.5. The van der Waals surface area contributed by atoms with E-state index in [1.165, 1.54) is 7.11 Å². The second-order valence-corrected chi connectivity index (χ2v) is 5.97. The number of benzene rings is 1. The van der Waals surface area contributed by atoms with E-state index in [1.807, 2.05) is 32.8 Å². The predicted octanol–water partition coefficient (Wildman–Crippen LogP) is 1.61. The highest BCUT2D eigenvalue weighted by molar-refractivity contribution is 5.92. The van der Waals surface area contributed by atoms with Crippen molar-refractivity contribution in [2.24, 2.45) is 5.92 Å². The number of anilines is 1. The molecule has 0 aliphatic heterocycles. The Morgan fingerprint density at radius 1 is 1.16 bits per heavy atom. The number of nitrogens with one attached hydrogen (secondary N) is 1. The lowest BCUT2D eigenvalue weighted by molar-refractivity contribution is -0.147. The van der Waals surface area contributed by atoms with Gasteiger partial charge >= 0.3 is 11.9 Å². The zero-order chi connectivity index (χ0) is 19.0. The minimum atomic E-state index is -0.763. The molecule has 1 amide bonds. The standard InChI is InChI=1S/C18H26N2O5/c1-6-12(2)16(18(23)24-5)19-15(21)11-25-17(22)13-7-9-14(10-8-13)20(3)4/h7-10,12,16H,6,11H2,1-5H3,(H,19,21)/t12-,16-/m0/s1. The summed E-state index contributed by atoms with van der Waals surface area (Å²) < 4.78 is 9.70. The van der Waals surface area contributed by atoms with E-state index in [2.05, 4.69) is 5.32 Å². The third kappa shape index (κ3) is 6.10. The summed E-state index contributed by atoms with van der Waals surface area (Å²) in [5.74, 6) is -1.76. The molecule has 1 aromatic carbocycles. The Kier molecular flexibility index (Phi) is 7.91. The summed E-state index contributed by atoms with van der Waals surface area (Å²) in [5.41, 5.74) is 1.30. The van der Waals surface area contributed by atoms with Crippen LogP contribution in [0.1, 0.15) is 30.6 Å². The summed E-state index contributed by atoms with van der Waals surface area (Å²) in [6.07, 6.45) is 0.693. The summed E-state index contributed by atoms with van der Waals surface area (Å²) in [6, 6.07) is 6.07. The molecule has 25 heavy (non-hydrogen) atoms. The van der Waals surface area contributed by atoms with Gasteiger partial charge in [0.1, 0.15) is 6.04 Å². The summed E-state index contributed by atoms with van der Waals surface area (Å²) >= 11 is 0. The van der Waals surface area contributed by atoms with Gasteiger partial charge in [-0.05, 0) is 30.2 Å². The smallest absolute Gasteiger partial charge is 0.338 e. The number of carbonyl (C=O) groups excluding carboxylic acids is 3. The third-order valence-electron chi connectivity index (χ3n) is 3.94. The van der Waals surface area contributed by atoms with Crippen molar-refractivity contribution in [3.8, 4) is 0 Å². The van der Waals surface area contributed by atoms with Gasteiger partial charge in [0.15, 0.2) is 6.61 Å². The van der Waals surface area contributed by atoms with Crippen molar-refractivity contribution in [1.29, 1.82) is 0 Å². The van der Waals surface area contributed by atoms with Crippen LogP contribution in [0.2, 0.25) is 0 Å². The van der Waals surface area contributed by atoms with Crippen molar-refractivity contribution < 1.29 is 23.9 Å². The van der Waals surface area contributed by atoms with Crippen LogP contribution in [0, 0.1) is 5.92 Å². The number of amides is 1. The highest BCUT2D eigenvalue weighted by Crippen LogP contribution is 2.13. The summed E-state index contributed by atoms with van der Waals surface area (Å²) in [7, 11) is 5.06. The van der Waals surface area contributed by atoms with Gasteiger partial charge in [0.05, 0.1) is 12.7 Å². The van der Waals surface area contributed by atoms with E-state index in [4.69, 9.17) is 9.47 Å². The second-order valence-electron chi connectivity index (χ2n) is 5.97. The van der Waals surface area contributed by atoms with E-state index >= 15 is 0 Å². The van der Waals surface area contributed by atoms with Crippen molar-refractivity contribution >= 4 is 23.5 Å². The Hall–Kier alpha value is -2.57. The maximum absolute atomic E-state index is 12.0. The van der Waals surface area contributed by atoms with Crippen LogP contribution < -0.4 is 10.2 Å². The number of nitrogens with zero attached hydrogens (tertiary/aromatic N) is 1. The van der Waals surface area contributed by atoms with E-state index in [9.17, 15) is 14.4 Å². The van der Waals surface area contributed by atoms with Crippen molar-refractivity contribution in [3.63, 3.8) is 0 Å². The second kappa shape index (κ2) is 9.66. The third-order valence-corrected chi connectivity index (χ3v) is 3.94. The molecule has 0 saturated heterocycles. The molecular weight excluding hydrogens is 324 g/mol. The molecule has 0 aromatic heterocycles. The molecule has 7 nitrogen and oxygen atoms in total. The molecule has 0 heterocycles. The normalized spacial score (nSPS) is 12.7. The van der Waals surface area contributed by atoms with Crippen molar-refractivity contribution in [2.45, 2.75) is 26.3 Å². The largest absolute Gasteiger partial charge is 0.467 e. The maximum atomic E-state index is 12.0. The van der Waals surface area contributed by atoms with Gasteiger partial charge in [0.25, 0.3) is 5.91 Å². The topological polar surface area (TPSA) is 84.9 Å². The molecule has 0 radical (unpaired) electrons. The molecule has 0 bridgehead atoms. The predicted molar refractivity (Wildman–Crippen MR) is 94.5 cm³/mol. The van der Waals surface area contributed by atoms with Crippen molar-refractivity contribution in [1.82, 2.24) is 5.32 Å². The van der Waals surface area contributed by atoms with E-state index in [1.54, 1.807) is 24.3 Å². The average Bonchev–Trinajstić information content (AvgIpc) is 2.62. The van der Waals surface area contributed by atoms with E-state index in [0.29, 0.717) is 12.0 Å². The maximum Gasteiger partial charge on any atom is 0.338 e. The fourth-order valence-corrected chi connectivity index (χ4v) is 2.12. The van der Waals surface area contributed by atoms with Gasteiger partial charge in [-0.3, -0.25) is 4.79 Å². The molecule has 1 aromatic rings. The molecule has 0 aliphatic rings. The number of hydrogen-bond acceptors (Lipinski definition) is 6. The fraction of sp³-hybridized carbons (Fsp3) is 0.500. The van der Waals surface area contributed by atoms with E-state index in [-0.39, 0.29) is 5.92 Å². The van der Waals surface area contributed by atoms with Gasteiger partial charge < -0.3 is 19.7 Å². The molecule has 0 spiro atoms. The quantitative estimate of drug-likeness (QED) is 0.717. The first-order valence-corrected chi connectivity index (χ1v) is 8.11. The lowest BCUT2D eigenvalue weighted by atomic mass is 9.99. The number of carbonyl (C=O) groups is 3. The lowest BCUT2D eigenvalue weighted by Gasteiger charge is -2.21. The number of rotatable bonds is 8. The van der Waals surface area contributed by atoms with Crippen LogP contribution in [0.3, 0.4) is 0 Å². The Labute approximate surface area is 148 Å². The number of methoxy groups -OCH3 is 1. The molecule has 1 N–H and O–H groups in total. The van der Waals surface area contributed by atoms with Crippen LogP contribution >= 0.6 is 0 Å². The summed E-state index contributed by atoms with van der Waals surface area (Å²) in [4.78, 5) is 37.6. The number of ether oxygens (including phenoxy) is 2. The zero-order valence-corrected chi connectivity index (χ0v) is 15.4. The Bertz CT molecular complexity index is 598. The minimum absolute atomic E-state index is 0.0920. The van der Waals surface area contributed by atoms with Gasteiger partial charge in [-0.1, -0.05) is 20.3 Å². The van der Waals surface area contributed by atoms with Crippen LogP contribution in [0.15, 0.2) is 24.3 Å². The zero-order valence-electron chi connectivity index (χ0n) is 15.4. The van der Waals surface area contributed by atoms with Gasteiger partial charge in [0, 0.05) is 19.8 Å². The van der Waals surface area contributed by atoms with Gasteiger partial charge in [0.2, 0.25) is 0 Å². The fourth-order valence-electron chi connectivity index (χ4n) is 2.12. The number of esters is 2. The van der Waals surface area contributed by atoms with Gasteiger partial charge in [-0.15, -0.1) is 0 Å². The minimum Gasteiger partial charge on any atom is -0.467 e. The molecule has 0 saturated carbocycles. The van der Waals surface area contributed by atoms with E-state index in [0.717, 1.165) is 5.69 Å². The van der Waals surface area contributed by atoms with Gasteiger partial charge in [-0.25, -0.2) is 9.59 Å². The van der Waals surface area contributed by atoms with Crippen LogP contribution in [0.5, 0.6) is 0 Å². The lowest BCUT2D eigenvalue weighted by Crippen LogP contribution is -2.47. The number of hydrogen-bond donors (Lipinski definition) is 1. The van der Waals surface area contributed by atoms with Crippen LogP contribution in [0.4, 0.5) is 5.69 Å². The first-order chi connectivity index (χ1) is 11.8.